The smallest absolute Gasteiger partial charge is 0.256 e. The van der Waals surface area contributed by atoms with Crippen molar-refractivity contribution < 1.29 is 9.53 Å². The van der Waals surface area contributed by atoms with Gasteiger partial charge in [-0.25, -0.2) is 0 Å². The molecule has 0 saturated heterocycles. The van der Waals surface area contributed by atoms with Gasteiger partial charge in [0.2, 0.25) is 0 Å². The minimum absolute atomic E-state index is 0.185. The molecule has 0 bridgehead atoms. The van der Waals surface area contributed by atoms with Crippen molar-refractivity contribution in [2.24, 2.45) is 0 Å². The fourth-order valence-electron chi connectivity index (χ4n) is 2.98. The summed E-state index contributed by atoms with van der Waals surface area (Å²) in [6.07, 6.45) is 6.33. The lowest BCUT2D eigenvalue weighted by atomic mass is 9.96. The minimum Gasteiger partial charge on any atom is -0.494 e. The van der Waals surface area contributed by atoms with E-state index < -0.39 is 0 Å². The molecule has 1 amide bonds. The summed E-state index contributed by atoms with van der Waals surface area (Å²) in [7, 11) is 0. The summed E-state index contributed by atoms with van der Waals surface area (Å²) >= 11 is 1.55. The predicted octanol–water partition coefficient (Wildman–Crippen LogP) is 4.93. The van der Waals surface area contributed by atoms with E-state index in [1.54, 1.807) is 23.5 Å². The first kappa shape index (κ1) is 17.5. The Morgan fingerprint density at radius 3 is 2.76 bits per heavy atom. The first-order valence-corrected chi connectivity index (χ1v) is 9.63. The van der Waals surface area contributed by atoms with Crippen LogP contribution in [-0.2, 0) is 12.8 Å². The molecule has 0 atom stereocenters. The first-order valence-electron chi connectivity index (χ1n) is 8.81. The van der Waals surface area contributed by atoms with Gasteiger partial charge in [-0.1, -0.05) is 13.3 Å². The van der Waals surface area contributed by atoms with Crippen molar-refractivity contribution in [1.29, 1.82) is 5.26 Å². The van der Waals surface area contributed by atoms with Crippen LogP contribution in [0.4, 0.5) is 5.00 Å². The third-order valence-corrected chi connectivity index (χ3v) is 5.60. The molecule has 2 aromatic rings. The van der Waals surface area contributed by atoms with E-state index in [0.29, 0.717) is 22.7 Å². The molecule has 130 valence electrons. The summed E-state index contributed by atoms with van der Waals surface area (Å²) < 4.78 is 5.62. The Morgan fingerprint density at radius 1 is 1.28 bits per heavy atom. The van der Waals surface area contributed by atoms with Gasteiger partial charge in [-0.15, -0.1) is 11.3 Å². The summed E-state index contributed by atoms with van der Waals surface area (Å²) in [4.78, 5) is 13.8. The molecule has 25 heavy (non-hydrogen) atoms. The highest BCUT2D eigenvalue weighted by Gasteiger charge is 2.22. The van der Waals surface area contributed by atoms with E-state index >= 15 is 0 Å². The lowest BCUT2D eigenvalue weighted by Gasteiger charge is -2.09. The van der Waals surface area contributed by atoms with Crippen LogP contribution in [0.1, 0.15) is 59.0 Å². The molecule has 1 N–H and O–H groups in total. The van der Waals surface area contributed by atoms with Crippen molar-refractivity contribution in [2.45, 2.75) is 45.4 Å². The Bertz CT molecular complexity index is 787. The highest BCUT2D eigenvalue weighted by Crippen LogP contribution is 2.37. The summed E-state index contributed by atoms with van der Waals surface area (Å²) in [6.45, 7) is 2.81. The average Bonchev–Trinajstić information content (AvgIpc) is 2.99. The standard InChI is InChI=1S/C20H22N2O2S/c1-2-3-12-24-15-10-8-14(9-11-15)19(23)22-20-17(13-21)16-6-4-5-7-18(16)25-20/h8-11H,2-7,12H2,1H3,(H,22,23). The normalized spacial score (nSPS) is 13.0. The minimum atomic E-state index is -0.185. The molecule has 1 aliphatic carbocycles. The van der Waals surface area contributed by atoms with E-state index in [0.717, 1.165) is 49.8 Å². The van der Waals surface area contributed by atoms with E-state index in [9.17, 15) is 10.1 Å². The zero-order valence-corrected chi connectivity index (χ0v) is 15.2. The molecule has 5 heteroatoms. The van der Waals surface area contributed by atoms with Gasteiger partial charge in [0.15, 0.2) is 0 Å². The van der Waals surface area contributed by atoms with Crippen LogP contribution in [0.3, 0.4) is 0 Å². The van der Waals surface area contributed by atoms with Gasteiger partial charge in [0.1, 0.15) is 16.8 Å². The number of thiophene rings is 1. The van der Waals surface area contributed by atoms with Crippen molar-refractivity contribution in [3.05, 3.63) is 45.8 Å². The van der Waals surface area contributed by atoms with Crippen LogP contribution >= 0.6 is 11.3 Å². The number of ether oxygens (including phenoxy) is 1. The van der Waals surface area contributed by atoms with Crippen LogP contribution in [0, 0.1) is 11.3 Å². The second kappa shape index (κ2) is 8.17. The SMILES string of the molecule is CCCCOc1ccc(C(=O)Nc2sc3c(c2C#N)CCCC3)cc1. The van der Waals surface area contributed by atoms with Crippen LogP contribution in [0.25, 0.3) is 0 Å². The molecule has 0 fully saturated rings. The molecule has 4 nitrogen and oxygen atoms in total. The average molecular weight is 354 g/mol. The summed E-state index contributed by atoms with van der Waals surface area (Å²) in [6, 6.07) is 9.42. The van der Waals surface area contributed by atoms with Gasteiger partial charge in [-0.2, -0.15) is 5.26 Å². The molecule has 3 rings (SSSR count). The van der Waals surface area contributed by atoms with Gasteiger partial charge in [0.25, 0.3) is 5.91 Å². The lowest BCUT2D eigenvalue weighted by Crippen LogP contribution is -2.11. The number of amides is 1. The third kappa shape index (κ3) is 4.02. The Morgan fingerprint density at radius 2 is 2.04 bits per heavy atom. The van der Waals surface area contributed by atoms with Crippen LogP contribution in [0.5, 0.6) is 5.75 Å². The zero-order valence-electron chi connectivity index (χ0n) is 14.4. The van der Waals surface area contributed by atoms with Crippen molar-refractivity contribution in [3.8, 4) is 11.8 Å². The molecule has 0 unspecified atom stereocenters. The van der Waals surface area contributed by atoms with Crippen LogP contribution in [0.2, 0.25) is 0 Å². The first-order chi connectivity index (χ1) is 12.2. The number of unbranched alkanes of at least 4 members (excludes halogenated alkanes) is 1. The topological polar surface area (TPSA) is 62.1 Å². The maximum atomic E-state index is 12.5. The predicted molar refractivity (Wildman–Crippen MR) is 100 cm³/mol. The van der Waals surface area contributed by atoms with Gasteiger partial charge in [-0.05, 0) is 61.9 Å². The van der Waals surface area contributed by atoms with Gasteiger partial charge < -0.3 is 10.1 Å². The number of anilines is 1. The molecule has 0 radical (unpaired) electrons. The van der Waals surface area contributed by atoms with Gasteiger partial charge in [0.05, 0.1) is 12.2 Å². The van der Waals surface area contributed by atoms with Gasteiger partial charge in [-0.3, -0.25) is 4.79 Å². The van der Waals surface area contributed by atoms with Gasteiger partial charge in [0, 0.05) is 10.4 Å². The Hall–Kier alpha value is -2.32. The Kier molecular flexibility index (Phi) is 5.72. The number of aryl methyl sites for hydroxylation is 1. The van der Waals surface area contributed by atoms with Crippen LogP contribution < -0.4 is 10.1 Å². The van der Waals surface area contributed by atoms with Crippen molar-refractivity contribution in [1.82, 2.24) is 0 Å². The number of hydrogen-bond acceptors (Lipinski definition) is 4. The fourth-order valence-corrected chi connectivity index (χ4v) is 4.22. The monoisotopic (exact) mass is 354 g/mol. The molecule has 1 aromatic carbocycles. The Balaban J connectivity index is 1.70. The largest absolute Gasteiger partial charge is 0.494 e. The fraction of sp³-hybridized carbons (Fsp3) is 0.400. The second-order valence-corrected chi connectivity index (χ2v) is 7.31. The number of hydrogen-bond donors (Lipinski definition) is 1. The van der Waals surface area contributed by atoms with Crippen molar-refractivity contribution in [3.63, 3.8) is 0 Å². The number of nitrogens with one attached hydrogen (secondary N) is 1. The number of carbonyl (C=O) groups is 1. The van der Waals surface area contributed by atoms with E-state index in [1.165, 1.54) is 4.88 Å². The molecule has 0 saturated carbocycles. The quantitative estimate of drug-likeness (QED) is 0.748. The summed E-state index contributed by atoms with van der Waals surface area (Å²) in [5.74, 6) is 0.588. The van der Waals surface area contributed by atoms with E-state index in [4.69, 9.17) is 4.74 Å². The third-order valence-electron chi connectivity index (χ3n) is 4.39. The van der Waals surface area contributed by atoms with E-state index in [2.05, 4.69) is 18.3 Å². The number of nitriles is 1. The number of rotatable bonds is 6. The molecular formula is C20H22N2O2S. The zero-order chi connectivity index (χ0) is 17.6. The highest BCUT2D eigenvalue weighted by molar-refractivity contribution is 7.16. The summed E-state index contributed by atoms with van der Waals surface area (Å²) in [5, 5.41) is 13.1. The van der Waals surface area contributed by atoms with Gasteiger partial charge >= 0.3 is 0 Å². The molecule has 0 aliphatic heterocycles. The highest BCUT2D eigenvalue weighted by atomic mass is 32.1. The lowest BCUT2D eigenvalue weighted by molar-refractivity contribution is 0.102. The van der Waals surface area contributed by atoms with E-state index in [-0.39, 0.29) is 5.91 Å². The number of benzene rings is 1. The van der Waals surface area contributed by atoms with Crippen LogP contribution in [-0.4, -0.2) is 12.5 Å². The molecule has 0 spiro atoms. The maximum Gasteiger partial charge on any atom is 0.256 e. The van der Waals surface area contributed by atoms with Crippen molar-refractivity contribution >= 4 is 22.2 Å². The molecule has 1 heterocycles. The van der Waals surface area contributed by atoms with Crippen LogP contribution in [0.15, 0.2) is 24.3 Å². The molecular weight excluding hydrogens is 332 g/mol. The number of nitrogens with zero attached hydrogens (tertiary/aromatic N) is 1. The molecule has 1 aliphatic rings. The second-order valence-electron chi connectivity index (χ2n) is 6.21. The summed E-state index contributed by atoms with van der Waals surface area (Å²) in [5.41, 5.74) is 2.35. The van der Waals surface area contributed by atoms with E-state index in [1.807, 2.05) is 12.1 Å². The maximum absolute atomic E-state index is 12.5. The Labute approximate surface area is 152 Å². The number of fused-ring (bicyclic) bond motifs is 1. The molecule has 1 aromatic heterocycles. The van der Waals surface area contributed by atoms with Crippen molar-refractivity contribution in [2.75, 3.05) is 11.9 Å². The number of carbonyl (C=O) groups excluding carboxylic acids is 1.